The summed E-state index contributed by atoms with van der Waals surface area (Å²) in [6.45, 7) is 0.941. The maximum Gasteiger partial charge on any atom is 0.348 e. The molecule has 180 valence electrons. The zero-order valence-electron chi connectivity index (χ0n) is 19.1. The molecule has 1 amide bonds. The monoisotopic (exact) mass is 495 g/mol. The maximum absolute atomic E-state index is 13.1. The van der Waals surface area contributed by atoms with Crippen molar-refractivity contribution in [2.75, 3.05) is 26.1 Å². The van der Waals surface area contributed by atoms with Gasteiger partial charge in [0.2, 0.25) is 0 Å². The van der Waals surface area contributed by atoms with Crippen LogP contribution in [0.25, 0.3) is 0 Å². The number of carbonyl (C=O) groups is 4. The minimum atomic E-state index is -0.774. The smallest absolute Gasteiger partial charge is 0.348 e. The Morgan fingerprint density at radius 3 is 2.06 bits per heavy atom. The first-order chi connectivity index (χ1) is 16.8. The molecule has 0 radical (unpaired) electrons. The first kappa shape index (κ1) is 24.0. The number of benzene rings is 2. The van der Waals surface area contributed by atoms with Gasteiger partial charge in [0.25, 0.3) is 5.91 Å². The topological polar surface area (TPSA) is 117 Å². The van der Waals surface area contributed by atoms with Crippen LogP contribution in [0.15, 0.2) is 48.5 Å². The Bertz CT molecular complexity index is 1280. The van der Waals surface area contributed by atoms with Gasteiger partial charge in [0, 0.05) is 11.1 Å². The van der Waals surface area contributed by atoms with Crippen LogP contribution in [0.4, 0.5) is 5.00 Å². The van der Waals surface area contributed by atoms with Crippen LogP contribution >= 0.6 is 11.3 Å². The van der Waals surface area contributed by atoms with E-state index in [9.17, 15) is 19.2 Å². The highest BCUT2D eigenvalue weighted by atomic mass is 32.1. The second-order valence-corrected chi connectivity index (χ2v) is 8.53. The molecule has 1 aromatic heterocycles. The van der Waals surface area contributed by atoms with E-state index in [1.807, 2.05) is 0 Å². The van der Waals surface area contributed by atoms with Gasteiger partial charge in [-0.3, -0.25) is 9.59 Å². The summed E-state index contributed by atoms with van der Waals surface area (Å²) in [5, 5.41) is 2.63. The summed E-state index contributed by atoms with van der Waals surface area (Å²) in [6.07, 6.45) is 0. The Morgan fingerprint density at radius 1 is 0.914 bits per heavy atom. The summed E-state index contributed by atoms with van der Waals surface area (Å²) in [5.41, 5.74) is 1.60. The summed E-state index contributed by atoms with van der Waals surface area (Å²) in [7, 11) is 2.40. The predicted molar refractivity (Wildman–Crippen MR) is 126 cm³/mol. The molecule has 2 aromatic carbocycles. The molecule has 9 nitrogen and oxygen atoms in total. The van der Waals surface area contributed by atoms with Gasteiger partial charge in [-0.1, -0.05) is 36.4 Å². The molecule has 1 N–H and O–H groups in total. The van der Waals surface area contributed by atoms with Gasteiger partial charge >= 0.3 is 17.9 Å². The molecule has 3 aromatic rings. The third kappa shape index (κ3) is 4.60. The zero-order valence-corrected chi connectivity index (χ0v) is 19.9. The molecule has 0 atom stereocenters. The van der Waals surface area contributed by atoms with E-state index in [0.717, 1.165) is 11.3 Å². The van der Waals surface area contributed by atoms with Gasteiger partial charge in [-0.2, -0.15) is 0 Å². The quantitative estimate of drug-likeness (QED) is 0.402. The van der Waals surface area contributed by atoms with Crippen molar-refractivity contribution in [1.82, 2.24) is 0 Å². The molecular formula is C25H21NO8S. The fourth-order valence-electron chi connectivity index (χ4n) is 3.78. The number of thiophene rings is 1. The van der Waals surface area contributed by atoms with Crippen molar-refractivity contribution in [3.63, 3.8) is 0 Å². The van der Waals surface area contributed by atoms with Crippen LogP contribution in [0.3, 0.4) is 0 Å². The van der Waals surface area contributed by atoms with E-state index in [1.54, 1.807) is 55.5 Å². The standard InChI is InChI=1S/C25H21NO8S/c1-13-19(23(28)31-2)22(35-21(13)25(30)32-3)26-18(27)12-33-24(29)20-14-8-4-6-10-16(14)34-17-11-7-5-9-15(17)20/h4-11,20H,12H2,1-3H3,(H,26,27). The van der Waals surface area contributed by atoms with E-state index < -0.39 is 36.3 Å². The number of rotatable bonds is 6. The van der Waals surface area contributed by atoms with Gasteiger partial charge in [0.1, 0.15) is 27.3 Å². The van der Waals surface area contributed by atoms with Crippen LogP contribution < -0.4 is 10.1 Å². The molecule has 0 spiro atoms. The predicted octanol–water partition coefficient (Wildman–Crippen LogP) is 4.05. The summed E-state index contributed by atoms with van der Waals surface area (Å²) in [4.78, 5) is 50.2. The van der Waals surface area contributed by atoms with Crippen LogP contribution in [0.5, 0.6) is 11.5 Å². The van der Waals surface area contributed by atoms with E-state index >= 15 is 0 Å². The Labute approximate surface area is 204 Å². The third-order valence-electron chi connectivity index (χ3n) is 5.42. The molecule has 1 aliphatic rings. The molecule has 0 fully saturated rings. The van der Waals surface area contributed by atoms with Gasteiger partial charge < -0.3 is 24.3 Å². The number of nitrogens with one attached hydrogen (secondary N) is 1. The minimum Gasteiger partial charge on any atom is -0.465 e. The van der Waals surface area contributed by atoms with Gasteiger partial charge in [-0.25, -0.2) is 9.59 Å². The van der Waals surface area contributed by atoms with Crippen molar-refractivity contribution in [1.29, 1.82) is 0 Å². The SMILES string of the molecule is COC(=O)c1sc(NC(=O)COC(=O)C2c3ccccc3Oc3ccccc32)c(C(=O)OC)c1C. The Hall–Kier alpha value is -4.18. The summed E-state index contributed by atoms with van der Waals surface area (Å²) < 4.78 is 20.7. The van der Waals surface area contributed by atoms with E-state index in [2.05, 4.69) is 5.32 Å². The van der Waals surface area contributed by atoms with E-state index in [0.29, 0.717) is 28.2 Å². The van der Waals surface area contributed by atoms with E-state index in [1.165, 1.54) is 14.2 Å². The fraction of sp³-hybridized carbons (Fsp3) is 0.200. The number of esters is 3. The van der Waals surface area contributed by atoms with Crippen LogP contribution in [-0.4, -0.2) is 44.6 Å². The van der Waals surface area contributed by atoms with E-state index in [4.69, 9.17) is 18.9 Å². The lowest BCUT2D eigenvalue weighted by Crippen LogP contribution is -2.26. The first-order valence-corrected chi connectivity index (χ1v) is 11.3. The zero-order chi connectivity index (χ0) is 25.1. The average molecular weight is 496 g/mol. The second-order valence-electron chi connectivity index (χ2n) is 7.51. The van der Waals surface area contributed by atoms with Crippen molar-refractivity contribution in [2.45, 2.75) is 12.8 Å². The molecule has 0 saturated heterocycles. The summed E-state index contributed by atoms with van der Waals surface area (Å²) >= 11 is 0.870. The number of ether oxygens (including phenoxy) is 4. The summed E-state index contributed by atoms with van der Waals surface area (Å²) in [6, 6.07) is 14.2. The molecule has 10 heteroatoms. The molecule has 0 unspecified atom stereocenters. The average Bonchev–Trinajstić information content (AvgIpc) is 3.20. The van der Waals surface area contributed by atoms with Crippen molar-refractivity contribution in [3.8, 4) is 11.5 Å². The van der Waals surface area contributed by atoms with Crippen molar-refractivity contribution >= 4 is 40.2 Å². The third-order valence-corrected chi connectivity index (χ3v) is 6.61. The van der Waals surface area contributed by atoms with Crippen molar-refractivity contribution in [2.24, 2.45) is 0 Å². The highest BCUT2D eigenvalue weighted by Crippen LogP contribution is 2.44. The summed E-state index contributed by atoms with van der Waals surface area (Å²) in [5.74, 6) is -2.40. The molecule has 0 bridgehead atoms. The number of amides is 1. The van der Waals surface area contributed by atoms with E-state index in [-0.39, 0.29) is 15.4 Å². The number of carbonyl (C=O) groups excluding carboxylic acids is 4. The highest BCUT2D eigenvalue weighted by Gasteiger charge is 2.34. The van der Waals surface area contributed by atoms with Crippen molar-refractivity contribution < 1.29 is 38.1 Å². The van der Waals surface area contributed by atoms with Gasteiger partial charge in [-0.15, -0.1) is 11.3 Å². The van der Waals surface area contributed by atoms with Gasteiger partial charge in [0.15, 0.2) is 6.61 Å². The number of fused-ring (bicyclic) bond motifs is 2. The second kappa shape index (κ2) is 9.98. The molecular weight excluding hydrogens is 474 g/mol. The maximum atomic E-state index is 13.1. The molecule has 0 aliphatic carbocycles. The normalized spacial score (nSPS) is 12.0. The Balaban J connectivity index is 1.52. The lowest BCUT2D eigenvalue weighted by molar-refractivity contribution is -0.148. The first-order valence-electron chi connectivity index (χ1n) is 10.5. The number of methoxy groups -OCH3 is 2. The van der Waals surface area contributed by atoms with Crippen LogP contribution in [0.2, 0.25) is 0 Å². The molecule has 4 rings (SSSR count). The van der Waals surface area contributed by atoms with Gasteiger partial charge in [0.05, 0.1) is 19.8 Å². The molecule has 0 saturated carbocycles. The number of hydrogen-bond donors (Lipinski definition) is 1. The largest absolute Gasteiger partial charge is 0.465 e. The molecule has 1 aliphatic heterocycles. The van der Waals surface area contributed by atoms with Crippen molar-refractivity contribution in [3.05, 3.63) is 75.7 Å². The Morgan fingerprint density at radius 2 is 1.49 bits per heavy atom. The lowest BCUT2D eigenvalue weighted by Gasteiger charge is -2.26. The fourth-order valence-corrected chi connectivity index (χ4v) is 4.91. The molecule has 35 heavy (non-hydrogen) atoms. The number of hydrogen-bond acceptors (Lipinski definition) is 9. The molecule has 2 heterocycles. The number of para-hydroxylation sites is 2. The lowest BCUT2D eigenvalue weighted by atomic mass is 9.88. The number of anilines is 1. The highest BCUT2D eigenvalue weighted by molar-refractivity contribution is 7.18. The van der Waals surface area contributed by atoms with Crippen LogP contribution in [-0.2, 0) is 23.8 Å². The Kier molecular flexibility index (Phi) is 6.83. The van der Waals surface area contributed by atoms with Crippen LogP contribution in [0, 0.1) is 6.92 Å². The minimum absolute atomic E-state index is 0.0323. The van der Waals surface area contributed by atoms with Gasteiger partial charge in [-0.05, 0) is 24.6 Å². The van der Waals surface area contributed by atoms with Crippen LogP contribution in [0.1, 0.15) is 42.6 Å².